The second-order valence-corrected chi connectivity index (χ2v) is 4.72. The molecule has 1 aliphatic rings. The smallest absolute Gasteiger partial charge is 0.0621 e. The average molecular weight is 224 g/mol. The molecule has 1 N–H and O–H groups in total. The molecule has 0 aliphatic carbocycles. The Morgan fingerprint density at radius 2 is 2.12 bits per heavy atom. The van der Waals surface area contributed by atoms with Crippen molar-refractivity contribution in [2.24, 2.45) is 0 Å². The third-order valence-corrected chi connectivity index (χ3v) is 3.25. The largest absolute Gasteiger partial charge is 0.315 e. The van der Waals surface area contributed by atoms with Gasteiger partial charge in [-0.15, -0.1) is 0 Å². The monoisotopic (exact) mass is 224 g/mol. The molecule has 0 aromatic carbocycles. The van der Waals surface area contributed by atoms with E-state index in [1.165, 1.54) is 6.54 Å². The average Bonchev–Trinajstić information content (AvgIpc) is 2.28. The summed E-state index contributed by atoms with van der Waals surface area (Å²) >= 11 is 0. The second-order valence-electron chi connectivity index (χ2n) is 4.72. The first-order chi connectivity index (χ1) is 7.74. The minimum Gasteiger partial charge on any atom is -0.315 e. The summed E-state index contributed by atoms with van der Waals surface area (Å²) in [4.78, 5) is 4.82. The van der Waals surface area contributed by atoms with Crippen LogP contribution in [0.2, 0.25) is 0 Å². The van der Waals surface area contributed by atoms with Crippen molar-refractivity contribution in [3.63, 3.8) is 0 Å². The minimum absolute atomic E-state index is 0.634. The molecule has 0 spiro atoms. The Morgan fingerprint density at radius 1 is 1.31 bits per heavy atom. The van der Waals surface area contributed by atoms with Crippen molar-refractivity contribution >= 4 is 0 Å². The normalized spacial score (nSPS) is 23.2. The molecule has 4 nitrogen and oxygen atoms in total. The summed E-state index contributed by atoms with van der Waals surface area (Å²) < 4.78 is 0. The molecule has 92 valence electrons. The summed E-state index contributed by atoms with van der Waals surface area (Å²) in [5, 5.41) is 11.9. The Hall–Kier alpha value is -0.630. The molecule has 0 radical (unpaired) electrons. The van der Waals surface area contributed by atoms with E-state index in [4.69, 9.17) is 5.26 Å². The molecule has 1 atom stereocenters. The molecular weight excluding hydrogens is 200 g/mol. The SMILES string of the molecule is CN1CCN(C)C(CNCCCCC#N)C1. The Labute approximate surface area is 99.2 Å². The molecule has 16 heavy (non-hydrogen) atoms. The third kappa shape index (κ3) is 4.93. The second kappa shape index (κ2) is 7.61. The van der Waals surface area contributed by atoms with E-state index in [0.29, 0.717) is 12.5 Å². The molecule has 0 aromatic rings. The Kier molecular flexibility index (Phi) is 6.39. The van der Waals surface area contributed by atoms with Crippen molar-refractivity contribution in [1.82, 2.24) is 15.1 Å². The van der Waals surface area contributed by atoms with E-state index < -0.39 is 0 Å². The molecule has 4 heteroatoms. The fourth-order valence-electron chi connectivity index (χ4n) is 2.04. The lowest BCUT2D eigenvalue weighted by Gasteiger charge is -2.37. The lowest BCUT2D eigenvalue weighted by atomic mass is 10.2. The van der Waals surface area contributed by atoms with Crippen LogP contribution in [0.4, 0.5) is 0 Å². The van der Waals surface area contributed by atoms with Gasteiger partial charge in [0.25, 0.3) is 0 Å². The van der Waals surface area contributed by atoms with Crippen molar-refractivity contribution in [2.75, 3.05) is 46.8 Å². The zero-order valence-electron chi connectivity index (χ0n) is 10.6. The van der Waals surface area contributed by atoms with E-state index in [1.807, 2.05) is 0 Å². The topological polar surface area (TPSA) is 42.3 Å². The highest BCUT2D eigenvalue weighted by Gasteiger charge is 2.21. The van der Waals surface area contributed by atoms with Gasteiger partial charge in [0, 0.05) is 38.6 Å². The van der Waals surface area contributed by atoms with Crippen LogP contribution in [0.5, 0.6) is 0 Å². The Bertz CT molecular complexity index is 224. The maximum absolute atomic E-state index is 8.41. The summed E-state index contributed by atoms with van der Waals surface area (Å²) in [7, 11) is 4.39. The highest BCUT2D eigenvalue weighted by Crippen LogP contribution is 2.04. The van der Waals surface area contributed by atoms with Crippen LogP contribution in [0.1, 0.15) is 19.3 Å². The summed E-state index contributed by atoms with van der Waals surface area (Å²) in [6.07, 6.45) is 2.82. The molecule has 0 bridgehead atoms. The van der Waals surface area contributed by atoms with Gasteiger partial charge in [0.05, 0.1) is 6.07 Å². The number of nitriles is 1. The molecule has 0 amide bonds. The highest BCUT2D eigenvalue weighted by molar-refractivity contribution is 4.80. The van der Waals surface area contributed by atoms with E-state index in [2.05, 4.69) is 35.3 Å². The van der Waals surface area contributed by atoms with Crippen LogP contribution in [0.25, 0.3) is 0 Å². The number of unbranched alkanes of at least 4 members (excludes halogenated alkanes) is 2. The van der Waals surface area contributed by atoms with Gasteiger partial charge in [-0.25, -0.2) is 0 Å². The van der Waals surface area contributed by atoms with Gasteiger partial charge < -0.3 is 10.2 Å². The van der Waals surface area contributed by atoms with Crippen molar-refractivity contribution < 1.29 is 0 Å². The standard InChI is InChI=1S/C12H24N4/c1-15-8-9-16(2)12(11-15)10-14-7-5-3-4-6-13/h12,14H,3-5,7-11H2,1-2H3. The summed E-state index contributed by atoms with van der Waals surface area (Å²) in [5.74, 6) is 0. The number of piperazine rings is 1. The molecule has 1 heterocycles. The van der Waals surface area contributed by atoms with Gasteiger partial charge in [-0.05, 0) is 33.5 Å². The molecular formula is C12H24N4. The van der Waals surface area contributed by atoms with Gasteiger partial charge in [0.15, 0.2) is 0 Å². The minimum atomic E-state index is 0.634. The van der Waals surface area contributed by atoms with Crippen LogP contribution in [0.3, 0.4) is 0 Å². The lowest BCUT2D eigenvalue weighted by molar-refractivity contribution is 0.113. The van der Waals surface area contributed by atoms with Crippen LogP contribution in [0, 0.1) is 11.3 Å². The van der Waals surface area contributed by atoms with Gasteiger partial charge >= 0.3 is 0 Å². The fraction of sp³-hybridized carbons (Fsp3) is 0.917. The van der Waals surface area contributed by atoms with Crippen molar-refractivity contribution in [3.8, 4) is 6.07 Å². The van der Waals surface area contributed by atoms with E-state index in [9.17, 15) is 0 Å². The van der Waals surface area contributed by atoms with Gasteiger partial charge in [-0.2, -0.15) is 5.26 Å². The van der Waals surface area contributed by atoms with E-state index in [-0.39, 0.29) is 0 Å². The lowest BCUT2D eigenvalue weighted by Crippen LogP contribution is -2.53. The Balaban J connectivity index is 2.05. The maximum Gasteiger partial charge on any atom is 0.0621 e. The maximum atomic E-state index is 8.41. The van der Waals surface area contributed by atoms with Crippen LogP contribution < -0.4 is 5.32 Å². The van der Waals surface area contributed by atoms with E-state index in [1.54, 1.807) is 0 Å². The first kappa shape index (κ1) is 13.4. The fourth-order valence-corrected chi connectivity index (χ4v) is 2.04. The quantitative estimate of drug-likeness (QED) is 0.668. The van der Waals surface area contributed by atoms with Gasteiger partial charge in [0.1, 0.15) is 0 Å². The highest BCUT2D eigenvalue weighted by atomic mass is 15.3. The van der Waals surface area contributed by atoms with Gasteiger partial charge in [-0.1, -0.05) is 0 Å². The third-order valence-electron chi connectivity index (χ3n) is 3.25. The first-order valence-corrected chi connectivity index (χ1v) is 6.20. The number of nitrogens with one attached hydrogen (secondary N) is 1. The zero-order chi connectivity index (χ0) is 11.8. The molecule has 1 unspecified atom stereocenters. The molecule has 1 rings (SSSR count). The van der Waals surface area contributed by atoms with Crippen LogP contribution in [-0.4, -0.2) is 62.7 Å². The molecule has 1 saturated heterocycles. The predicted molar refractivity (Wildman–Crippen MR) is 66.2 cm³/mol. The van der Waals surface area contributed by atoms with Crippen molar-refractivity contribution in [2.45, 2.75) is 25.3 Å². The molecule has 0 saturated carbocycles. The first-order valence-electron chi connectivity index (χ1n) is 6.20. The number of hydrogen-bond acceptors (Lipinski definition) is 4. The number of hydrogen-bond donors (Lipinski definition) is 1. The van der Waals surface area contributed by atoms with Crippen LogP contribution in [-0.2, 0) is 0 Å². The van der Waals surface area contributed by atoms with Gasteiger partial charge in [-0.3, -0.25) is 4.90 Å². The van der Waals surface area contributed by atoms with Gasteiger partial charge in [0.2, 0.25) is 0 Å². The zero-order valence-corrected chi connectivity index (χ0v) is 10.6. The summed E-state index contributed by atoms with van der Waals surface area (Å²) in [6.45, 7) is 5.59. The Morgan fingerprint density at radius 3 is 2.88 bits per heavy atom. The molecule has 1 aliphatic heterocycles. The summed E-state index contributed by atoms with van der Waals surface area (Å²) in [6, 6.07) is 2.81. The van der Waals surface area contributed by atoms with E-state index >= 15 is 0 Å². The number of likely N-dealkylation sites (N-methyl/N-ethyl adjacent to an activating group) is 2. The van der Waals surface area contributed by atoms with Crippen LogP contribution >= 0.6 is 0 Å². The van der Waals surface area contributed by atoms with Crippen molar-refractivity contribution in [3.05, 3.63) is 0 Å². The summed E-state index contributed by atoms with van der Waals surface area (Å²) in [5.41, 5.74) is 0. The van der Waals surface area contributed by atoms with E-state index in [0.717, 1.165) is 39.0 Å². The molecule has 1 fully saturated rings. The number of nitrogens with zero attached hydrogens (tertiary/aromatic N) is 3. The predicted octanol–water partition coefficient (Wildman–Crippen LogP) is 0.516. The van der Waals surface area contributed by atoms with Crippen LogP contribution in [0.15, 0.2) is 0 Å². The molecule has 0 aromatic heterocycles. The number of rotatable bonds is 6. The van der Waals surface area contributed by atoms with Crippen molar-refractivity contribution in [1.29, 1.82) is 5.26 Å².